The lowest BCUT2D eigenvalue weighted by molar-refractivity contribution is 0.149. The van der Waals surface area contributed by atoms with Crippen LogP contribution in [0.4, 0.5) is 4.79 Å². The Kier molecular flexibility index (Phi) is 5.44. The van der Waals surface area contributed by atoms with Gasteiger partial charge >= 0.3 is 6.03 Å². The molecule has 2 rings (SSSR count). The molecule has 1 unspecified atom stereocenters. The SMILES string of the molecule is Cc1ccccc1OCC(C)NC(=O)N1CCN(C)CC1. The van der Waals surface area contributed by atoms with Gasteiger partial charge in [-0.3, -0.25) is 0 Å². The minimum atomic E-state index is -0.0169. The van der Waals surface area contributed by atoms with E-state index in [0.717, 1.165) is 37.5 Å². The van der Waals surface area contributed by atoms with Crippen molar-refractivity contribution < 1.29 is 9.53 Å². The van der Waals surface area contributed by atoms with E-state index in [1.165, 1.54) is 0 Å². The number of rotatable bonds is 4. The number of likely N-dealkylation sites (N-methyl/N-ethyl adjacent to an activating group) is 1. The van der Waals surface area contributed by atoms with Crippen molar-refractivity contribution in [1.82, 2.24) is 15.1 Å². The first-order valence-corrected chi connectivity index (χ1v) is 7.48. The van der Waals surface area contributed by atoms with E-state index in [9.17, 15) is 4.79 Å². The molecule has 5 heteroatoms. The van der Waals surface area contributed by atoms with Gasteiger partial charge in [0.1, 0.15) is 12.4 Å². The number of nitrogens with zero attached hydrogens (tertiary/aromatic N) is 2. The van der Waals surface area contributed by atoms with Gasteiger partial charge in [0.2, 0.25) is 0 Å². The maximum absolute atomic E-state index is 12.1. The Morgan fingerprint density at radius 1 is 1.29 bits per heavy atom. The first-order valence-electron chi connectivity index (χ1n) is 7.48. The number of hydrogen-bond donors (Lipinski definition) is 1. The zero-order valence-electron chi connectivity index (χ0n) is 13.1. The van der Waals surface area contributed by atoms with Crippen LogP contribution in [0.25, 0.3) is 0 Å². The Hall–Kier alpha value is -1.75. The third-order valence-electron chi connectivity index (χ3n) is 3.74. The molecule has 0 radical (unpaired) electrons. The fourth-order valence-electron chi connectivity index (χ4n) is 2.29. The van der Waals surface area contributed by atoms with Crippen LogP contribution in [-0.2, 0) is 0 Å². The van der Waals surface area contributed by atoms with Crippen molar-refractivity contribution in [3.05, 3.63) is 29.8 Å². The summed E-state index contributed by atoms with van der Waals surface area (Å²) in [5.41, 5.74) is 1.11. The van der Waals surface area contributed by atoms with Crippen molar-refractivity contribution in [3.8, 4) is 5.75 Å². The number of aryl methyl sites for hydroxylation is 1. The molecule has 0 aliphatic carbocycles. The van der Waals surface area contributed by atoms with Crippen LogP contribution in [-0.4, -0.2) is 61.7 Å². The van der Waals surface area contributed by atoms with E-state index in [0.29, 0.717) is 6.61 Å². The van der Waals surface area contributed by atoms with E-state index >= 15 is 0 Å². The van der Waals surface area contributed by atoms with Gasteiger partial charge in [-0.15, -0.1) is 0 Å². The highest BCUT2D eigenvalue weighted by Crippen LogP contribution is 2.16. The molecule has 0 spiro atoms. The second-order valence-electron chi connectivity index (χ2n) is 5.72. The van der Waals surface area contributed by atoms with E-state index in [4.69, 9.17) is 4.74 Å². The number of piperazine rings is 1. The summed E-state index contributed by atoms with van der Waals surface area (Å²) >= 11 is 0. The molecule has 1 aliphatic heterocycles. The number of para-hydroxylation sites is 1. The predicted octanol–water partition coefficient (Wildman–Crippen LogP) is 1.72. The predicted molar refractivity (Wildman–Crippen MR) is 83.7 cm³/mol. The summed E-state index contributed by atoms with van der Waals surface area (Å²) in [6.45, 7) is 7.89. The maximum atomic E-state index is 12.1. The van der Waals surface area contributed by atoms with E-state index in [1.54, 1.807) is 0 Å². The van der Waals surface area contributed by atoms with Crippen LogP contribution in [0.3, 0.4) is 0 Å². The van der Waals surface area contributed by atoms with Crippen LogP contribution in [0.15, 0.2) is 24.3 Å². The van der Waals surface area contributed by atoms with Gasteiger partial charge in [-0.2, -0.15) is 0 Å². The van der Waals surface area contributed by atoms with Crippen LogP contribution in [0.2, 0.25) is 0 Å². The monoisotopic (exact) mass is 291 g/mol. The van der Waals surface area contributed by atoms with Crippen LogP contribution in [0.1, 0.15) is 12.5 Å². The number of amides is 2. The standard InChI is InChI=1S/C16H25N3O2/c1-13-6-4-5-7-15(13)21-12-14(2)17-16(20)19-10-8-18(3)9-11-19/h4-7,14H,8-12H2,1-3H3,(H,17,20). The quantitative estimate of drug-likeness (QED) is 0.918. The topological polar surface area (TPSA) is 44.8 Å². The van der Waals surface area contributed by atoms with E-state index in [1.807, 2.05) is 43.0 Å². The van der Waals surface area contributed by atoms with Crippen LogP contribution < -0.4 is 10.1 Å². The van der Waals surface area contributed by atoms with Gasteiger partial charge in [-0.05, 0) is 32.5 Å². The number of carbonyl (C=O) groups is 1. The van der Waals surface area contributed by atoms with Gasteiger partial charge in [-0.25, -0.2) is 4.79 Å². The molecule has 1 heterocycles. The molecular weight excluding hydrogens is 266 g/mol. The highest BCUT2D eigenvalue weighted by molar-refractivity contribution is 5.74. The van der Waals surface area contributed by atoms with Gasteiger partial charge in [0.25, 0.3) is 0 Å². The molecule has 21 heavy (non-hydrogen) atoms. The smallest absolute Gasteiger partial charge is 0.317 e. The average molecular weight is 291 g/mol. The molecule has 1 aromatic rings. The zero-order chi connectivity index (χ0) is 15.2. The molecule has 1 saturated heterocycles. The summed E-state index contributed by atoms with van der Waals surface area (Å²) in [6, 6.07) is 7.89. The number of benzene rings is 1. The van der Waals surface area contributed by atoms with Crippen molar-refractivity contribution in [2.24, 2.45) is 0 Å². The second-order valence-corrected chi connectivity index (χ2v) is 5.72. The Morgan fingerprint density at radius 2 is 1.95 bits per heavy atom. The Morgan fingerprint density at radius 3 is 2.62 bits per heavy atom. The summed E-state index contributed by atoms with van der Waals surface area (Å²) < 4.78 is 5.76. The summed E-state index contributed by atoms with van der Waals surface area (Å²) in [6.07, 6.45) is 0. The Bertz CT molecular complexity index is 470. The maximum Gasteiger partial charge on any atom is 0.317 e. The molecule has 1 fully saturated rings. The normalized spacial score (nSPS) is 17.4. The molecule has 0 aromatic heterocycles. The third kappa shape index (κ3) is 4.63. The van der Waals surface area contributed by atoms with Gasteiger partial charge < -0.3 is 19.9 Å². The lowest BCUT2D eigenvalue weighted by atomic mass is 10.2. The van der Waals surface area contributed by atoms with Crippen molar-refractivity contribution in [2.45, 2.75) is 19.9 Å². The highest BCUT2D eigenvalue weighted by atomic mass is 16.5. The number of ether oxygens (including phenoxy) is 1. The van der Waals surface area contributed by atoms with Gasteiger partial charge in [0.15, 0.2) is 0 Å². The fraction of sp³-hybridized carbons (Fsp3) is 0.562. The van der Waals surface area contributed by atoms with Crippen molar-refractivity contribution in [3.63, 3.8) is 0 Å². The average Bonchev–Trinajstić information content (AvgIpc) is 2.47. The largest absolute Gasteiger partial charge is 0.491 e. The molecule has 1 aromatic carbocycles. The molecule has 0 saturated carbocycles. The Labute approximate surface area is 126 Å². The summed E-state index contributed by atoms with van der Waals surface area (Å²) in [5.74, 6) is 0.873. The molecule has 5 nitrogen and oxygen atoms in total. The van der Waals surface area contributed by atoms with Crippen LogP contribution in [0, 0.1) is 6.92 Å². The molecule has 1 atom stereocenters. The third-order valence-corrected chi connectivity index (χ3v) is 3.74. The molecule has 0 bridgehead atoms. The first-order chi connectivity index (χ1) is 10.1. The molecule has 116 valence electrons. The first kappa shape index (κ1) is 15.6. The molecule has 2 amide bonds. The summed E-state index contributed by atoms with van der Waals surface area (Å²) in [5, 5.41) is 3.00. The van der Waals surface area contributed by atoms with Gasteiger partial charge in [0, 0.05) is 26.2 Å². The fourth-order valence-corrected chi connectivity index (χ4v) is 2.29. The highest BCUT2D eigenvalue weighted by Gasteiger charge is 2.20. The molecular formula is C16H25N3O2. The van der Waals surface area contributed by atoms with Crippen LogP contribution >= 0.6 is 0 Å². The number of urea groups is 1. The lowest BCUT2D eigenvalue weighted by Gasteiger charge is -2.33. The minimum Gasteiger partial charge on any atom is -0.491 e. The number of carbonyl (C=O) groups excluding carboxylic acids is 1. The van der Waals surface area contributed by atoms with Crippen molar-refractivity contribution >= 4 is 6.03 Å². The van der Waals surface area contributed by atoms with E-state index in [-0.39, 0.29) is 12.1 Å². The summed E-state index contributed by atoms with van der Waals surface area (Å²) in [4.78, 5) is 16.2. The van der Waals surface area contributed by atoms with Gasteiger partial charge in [0.05, 0.1) is 6.04 Å². The zero-order valence-corrected chi connectivity index (χ0v) is 13.1. The van der Waals surface area contributed by atoms with Gasteiger partial charge in [-0.1, -0.05) is 18.2 Å². The molecule has 1 N–H and O–H groups in total. The lowest BCUT2D eigenvalue weighted by Crippen LogP contribution is -2.52. The number of nitrogens with one attached hydrogen (secondary N) is 1. The Balaban J connectivity index is 1.75. The van der Waals surface area contributed by atoms with Crippen molar-refractivity contribution in [2.75, 3.05) is 39.8 Å². The molecule has 1 aliphatic rings. The van der Waals surface area contributed by atoms with Crippen molar-refractivity contribution in [1.29, 1.82) is 0 Å². The second kappa shape index (κ2) is 7.31. The van der Waals surface area contributed by atoms with Crippen LogP contribution in [0.5, 0.6) is 5.75 Å². The minimum absolute atomic E-state index is 0.00369. The van der Waals surface area contributed by atoms with E-state index < -0.39 is 0 Å². The number of hydrogen-bond acceptors (Lipinski definition) is 3. The summed E-state index contributed by atoms with van der Waals surface area (Å²) in [7, 11) is 2.08. The van der Waals surface area contributed by atoms with E-state index in [2.05, 4.69) is 17.3 Å².